The van der Waals surface area contributed by atoms with Crippen molar-refractivity contribution in [2.24, 2.45) is 5.92 Å². The largest absolute Gasteiger partial charge is 0.345 e. The fourth-order valence-corrected chi connectivity index (χ4v) is 4.48. The van der Waals surface area contributed by atoms with Gasteiger partial charge in [0.05, 0.1) is 11.7 Å². The molecule has 0 saturated heterocycles. The fourth-order valence-electron chi connectivity index (χ4n) is 4.48. The molecule has 0 aliphatic heterocycles. The van der Waals surface area contributed by atoms with Crippen molar-refractivity contribution in [1.29, 1.82) is 0 Å². The zero-order chi connectivity index (χ0) is 13.2. The molecule has 4 heteroatoms. The van der Waals surface area contributed by atoms with Gasteiger partial charge in [-0.2, -0.15) is 0 Å². The van der Waals surface area contributed by atoms with Crippen LogP contribution in [0.3, 0.4) is 0 Å². The van der Waals surface area contributed by atoms with Gasteiger partial charge in [0.15, 0.2) is 11.3 Å². The molecule has 0 unspecified atom stereocenters. The third kappa shape index (κ3) is 1.27. The summed E-state index contributed by atoms with van der Waals surface area (Å²) in [6.45, 7) is 0. The van der Waals surface area contributed by atoms with Crippen LogP contribution in [0.2, 0.25) is 0 Å². The minimum absolute atomic E-state index is 0.361. The van der Waals surface area contributed by atoms with E-state index in [1.54, 1.807) is 0 Å². The van der Waals surface area contributed by atoms with E-state index in [0.717, 1.165) is 22.7 Å². The standard InChI is InChI=1S/C16H18N4/c1-5-16(6-2-11(1)3-7-16)13-9-18-14-10-19-15-12(20(13)14)4-8-17-15/h4,8-11,17H,1-3,5-7H2. The van der Waals surface area contributed by atoms with E-state index in [1.807, 2.05) is 12.4 Å². The smallest absolute Gasteiger partial charge is 0.156 e. The van der Waals surface area contributed by atoms with Crippen LogP contribution in [-0.2, 0) is 5.41 Å². The Balaban J connectivity index is 1.81. The molecule has 0 spiro atoms. The molecule has 3 saturated carbocycles. The Kier molecular flexibility index (Phi) is 1.97. The average molecular weight is 266 g/mol. The Labute approximate surface area is 117 Å². The highest BCUT2D eigenvalue weighted by molar-refractivity contribution is 5.74. The zero-order valence-corrected chi connectivity index (χ0v) is 11.5. The summed E-state index contributed by atoms with van der Waals surface area (Å²) in [6.07, 6.45) is 14.1. The van der Waals surface area contributed by atoms with E-state index in [-0.39, 0.29) is 0 Å². The number of rotatable bonds is 1. The van der Waals surface area contributed by atoms with E-state index in [0.29, 0.717) is 5.41 Å². The number of H-pyrrole nitrogens is 1. The Morgan fingerprint density at radius 1 is 1.10 bits per heavy atom. The van der Waals surface area contributed by atoms with Crippen molar-refractivity contribution in [2.75, 3.05) is 0 Å². The van der Waals surface area contributed by atoms with Crippen molar-refractivity contribution in [2.45, 2.75) is 43.9 Å². The number of hydrogen-bond donors (Lipinski definition) is 1. The lowest BCUT2D eigenvalue weighted by molar-refractivity contribution is 0.132. The SMILES string of the molecule is c1cc2c(ncc3ncc(C45CCC(CC4)CC5)n32)[nH]1. The predicted molar refractivity (Wildman–Crippen MR) is 77.7 cm³/mol. The Morgan fingerprint density at radius 2 is 1.90 bits per heavy atom. The van der Waals surface area contributed by atoms with Crippen LogP contribution in [0.1, 0.15) is 44.2 Å². The van der Waals surface area contributed by atoms with Crippen LogP contribution in [0.15, 0.2) is 24.7 Å². The van der Waals surface area contributed by atoms with Crippen LogP contribution >= 0.6 is 0 Å². The average Bonchev–Trinajstić information content (AvgIpc) is 3.15. The van der Waals surface area contributed by atoms with Crippen molar-refractivity contribution in [3.05, 3.63) is 30.4 Å². The molecular weight excluding hydrogens is 248 g/mol. The fraction of sp³-hybridized carbons (Fsp3) is 0.500. The molecule has 3 heterocycles. The van der Waals surface area contributed by atoms with Crippen molar-refractivity contribution in [3.8, 4) is 0 Å². The third-order valence-electron chi connectivity index (χ3n) is 5.68. The van der Waals surface area contributed by atoms with Gasteiger partial charge in [0.1, 0.15) is 0 Å². The second kappa shape index (κ2) is 3.62. The summed E-state index contributed by atoms with van der Waals surface area (Å²) >= 11 is 0. The molecule has 6 rings (SSSR count). The van der Waals surface area contributed by atoms with Gasteiger partial charge in [-0.1, -0.05) is 0 Å². The first-order valence-corrected chi connectivity index (χ1v) is 7.66. The molecule has 0 aromatic carbocycles. The van der Waals surface area contributed by atoms with Crippen LogP contribution in [-0.4, -0.2) is 19.4 Å². The van der Waals surface area contributed by atoms with Gasteiger partial charge in [-0.15, -0.1) is 0 Å². The molecule has 0 atom stereocenters. The molecule has 2 bridgehead atoms. The van der Waals surface area contributed by atoms with Crippen molar-refractivity contribution >= 4 is 16.8 Å². The van der Waals surface area contributed by atoms with Crippen LogP contribution in [0.25, 0.3) is 16.8 Å². The minimum atomic E-state index is 0.361. The molecular formula is C16H18N4. The lowest BCUT2D eigenvalue weighted by atomic mass is 9.59. The summed E-state index contributed by atoms with van der Waals surface area (Å²) < 4.78 is 2.34. The summed E-state index contributed by atoms with van der Waals surface area (Å²) in [6, 6.07) is 2.12. The third-order valence-corrected chi connectivity index (χ3v) is 5.68. The second-order valence-corrected chi connectivity index (χ2v) is 6.57. The van der Waals surface area contributed by atoms with Crippen LogP contribution in [0.4, 0.5) is 0 Å². The quantitative estimate of drug-likeness (QED) is 0.733. The van der Waals surface area contributed by atoms with Gasteiger partial charge in [0.25, 0.3) is 0 Å². The number of aromatic nitrogens is 4. The van der Waals surface area contributed by atoms with E-state index in [2.05, 4.69) is 31.6 Å². The first-order chi connectivity index (χ1) is 9.86. The van der Waals surface area contributed by atoms with E-state index >= 15 is 0 Å². The van der Waals surface area contributed by atoms with Crippen LogP contribution in [0, 0.1) is 5.92 Å². The first kappa shape index (κ1) is 10.9. The second-order valence-electron chi connectivity index (χ2n) is 6.57. The highest BCUT2D eigenvalue weighted by atomic mass is 15.1. The Morgan fingerprint density at radius 3 is 2.70 bits per heavy atom. The summed E-state index contributed by atoms with van der Waals surface area (Å²) in [5.41, 5.74) is 4.88. The number of fused-ring (bicyclic) bond motifs is 6. The zero-order valence-electron chi connectivity index (χ0n) is 11.5. The van der Waals surface area contributed by atoms with Gasteiger partial charge >= 0.3 is 0 Å². The van der Waals surface area contributed by atoms with Gasteiger partial charge in [-0.05, 0) is 50.5 Å². The molecule has 102 valence electrons. The van der Waals surface area contributed by atoms with E-state index < -0.39 is 0 Å². The van der Waals surface area contributed by atoms with E-state index in [4.69, 9.17) is 0 Å². The summed E-state index contributed by atoms with van der Waals surface area (Å²) in [5, 5.41) is 0. The van der Waals surface area contributed by atoms with Gasteiger partial charge in [0.2, 0.25) is 0 Å². The molecule has 3 aliphatic rings. The lowest BCUT2D eigenvalue weighted by Crippen LogP contribution is -2.38. The first-order valence-electron chi connectivity index (χ1n) is 7.66. The van der Waals surface area contributed by atoms with Gasteiger partial charge in [-0.3, -0.25) is 4.40 Å². The van der Waals surface area contributed by atoms with Crippen molar-refractivity contribution in [1.82, 2.24) is 19.4 Å². The molecule has 20 heavy (non-hydrogen) atoms. The molecule has 3 aliphatic carbocycles. The maximum atomic E-state index is 4.62. The van der Waals surface area contributed by atoms with Gasteiger partial charge in [0, 0.05) is 23.5 Å². The Hall–Kier alpha value is -1.84. The monoisotopic (exact) mass is 266 g/mol. The molecule has 0 amide bonds. The molecule has 3 aromatic rings. The molecule has 3 aromatic heterocycles. The normalized spacial score (nSPS) is 29.5. The number of nitrogens with one attached hydrogen (secondary N) is 1. The van der Waals surface area contributed by atoms with Gasteiger partial charge < -0.3 is 4.98 Å². The van der Waals surface area contributed by atoms with E-state index in [1.165, 1.54) is 44.2 Å². The lowest BCUT2D eigenvalue weighted by Gasteiger charge is -2.46. The highest BCUT2D eigenvalue weighted by Gasteiger charge is 2.43. The topological polar surface area (TPSA) is 46.0 Å². The molecule has 0 radical (unpaired) electrons. The number of aromatic amines is 1. The van der Waals surface area contributed by atoms with Crippen LogP contribution in [0.5, 0.6) is 0 Å². The molecule has 1 N–H and O–H groups in total. The van der Waals surface area contributed by atoms with Gasteiger partial charge in [-0.25, -0.2) is 9.97 Å². The Bertz CT molecular complexity index is 775. The molecule has 4 nitrogen and oxygen atoms in total. The summed E-state index contributed by atoms with van der Waals surface area (Å²) in [5.74, 6) is 0.991. The van der Waals surface area contributed by atoms with Crippen molar-refractivity contribution in [3.63, 3.8) is 0 Å². The summed E-state index contributed by atoms with van der Waals surface area (Å²) in [4.78, 5) is 12.3. The van der Waals surface area contributed by atoms with Crippen LogP contribution < -0.4 is 0 Å². The maximum absolute atomic E-state index is 4.62. The number of nitrogens with zero attached hydrogens (tertiary/aromatic N) is 3. The highest BCUT2D eigenvalue weighted by Crippen LogP contribution is 2.51. The molecule has 3 fully saturated rings. The predicted octanol–water partition coefficient (Wildman–Crippen LogP) is 3.43. The minimum Gasteiger partial charge on any atom is -0.345 e. The van der Waals surface area contributed by atoms with Crippen molar-refractivity contribution < 1.29 is 0 Å². The number of imidazole rings is 1. The van der Waals surface area contributed by atoms with E-state index in [9.17, 15) is 0 Å². The number of hydrogen-bond acceptors (Lipinski definition) is 2. The summed E-state index contributed by atoms with van der Waals surface area (Å²) in [7, 11) is 0. The maximum Gasteiger partial charge on any atom is 0.156 e.